The van der Waals surface area contributed by atoms with Gasteiger partial charge in [-0.05, 0) is 54.1 Å². The average molecular weight is 451 g/mol. The van der Waals surface area contributed by atoms with Crippen LogP contribution >= 0.6 is 11.6 Å². The highest BCUT2D eigenvalue weighted by molar-refractivity contribution is 6.30. The van der Waals surface area contributed by atoms with Gasteiger partial charge < -0.3 is 15.0 Å². The zero-order valence-electron chi connectivity index (χ0n) is 17.7. The molecule has 0 aromatic heterocycles. The highest BCUT2D eigenvalue weighted by Gasteiger charge is 2.34. The van der Waals surface area contributed by atoms with Crippen molar-refractivity contribution < 1.29 is 14.3 Å². The van der Waals surface area contributed by atoms with E-state index in [2.05, 4.69) is 10.7 Å². The van der Waals surface area contributed by atoms with Crippen LogP contribution < -0.4 is 20.4 Å². The Kier molecular flexibility index (Phi) is 6.18. The summed E-state index contributed by atoms with van der Waals surface area (Å²) in [6, 6.07) is 21.7. The molecule has 3 aromatic rings. The third-order valence-electron chi connectivity index (χ3n) is 5.08. The topological polar surface area (TPSA) is 73.9 Å². The molecule has 8 heteroatoms. The number of fused-ring (bicyclic) bond motifs is 1. The first-order chi connectivity index (χ1) is 15.4. The molecular formula is C24H23ClN4O3. The van der Waals surface area contributed by atoms with Crippen LogP contribution in [0.25, 0.3) is 0 Å². The van der Waals surface area contributed by atoms with E-state index in [1.54, 1.807) is 36.4 Å². The number of hydrogen-bond donors (Lipinski definition) is 2. The summed E-state index contributed by atoms with van der Waals surface area (Å²) in [6.07, 6.45) is -0.576. The Hall–Kier alpha value is -3.71. The van der Waals surface area contributed by atoms with Crippen molar-refractivity contribution >= 4 is 34.8 Å². The van der Waals surface area contributed by atoms with Crippen LogP contribution in [0.4, 0.5) is 11.4 Å². The number of para-hydroxylation sites is 1. The monoisotopic (exact) mass is 450 g/mol. The highest BCUT2D eigenvalue weighted by Crippen LogP contribution is 2.32. The van der Waals surface area contributed by atoms with Gasteiger partial charge in [0.15, 0.2) is 6.61 Å². The van der Waals surface area contributed by atoms with Gasteiger partial charge >= 0.3 is 0 Å². The molecule has 2 N–H and O–H groups in total. The molecule has 0 aliphatic carbocycles. The third kappa shape index (κ3) is 4.63. The number of rotatable bonds is 6. The summed E-state index contributed by atoms with van der Waals surface area (Å²) >= 11 is 5.87. The normalized spacial score (nSPS) is 14.9. The van der Waals surface area contributed by atoms with Gasteiger partial charge in [-0.3, -0.25) is 15.0 Å². The highest BCUT2D eigenvalue weighted by atomic mass is 35.5. The molecule has 7 nitrogen and oxygen atoms in total. The Labute approximate surface area is 191 Å². The van der Waals surface area contributed by atoms with Gasteiger partial charge in [-0.25, -0.2) is 5.01 Å². The lowest BCUT2D eigenvalue weighted by Gasteiger charge is -2.37. The smallest absolute Gasteiger partial charge is 0.276 e. The van der Waals surface area contributed by atoms with Gasteiger partial charge in [0.1, 0.15) is 11.9 Å². The molecule has 1 aliphatic rings. The fourth-order valence-electron chi connectivity index (χ4n) is 3.40. The second-order valence-electron chi connectivity index (χ2n) is 7.53. The fraction of sp³-hybridized carbons (Fsp3) is 0.167. The largest absolute Gasteiger partial charge is 0.484 e. The van der Waals surface area contributed by atoms with E-state index >= 15 is 0 Å². The van der Waals surface area contributed by atoms with Crippen LogP contribution in [0.2, 0.25) is 5.02 Å². The first-order valence-electron chi connectivity index (χ1n) is 10.1. The van der Waals surface area contributed by atoms with Gasteiger partial charge in [0, 0.05) is 30.5 Å². The summed E-state index contributed by atoms with van der Waals surface area (Å²) < 4.78 is 5.52. The van der Waals surface area contributed by atoms with Gasteiger partial charge in [0.05, 0.1) is 5.56 Å². The van der Waals surface area contributed by atoms with E-state index in [4.69, 9.17) is 16.3 Å². The van der Waals surface area contributed by atoms with Crippen molar-refractivity contribution in [2.45, 2.75) is 6.17 Å². The van der Waals surface area contributed by atoms with Crippen LogP contribution in [0.15, 0.2) is 72.8 Å². The van der Waals surface area contributed by atoms with Gasteiger partial charge in [-0.1, -0.05) is 35.9 Å². The van der Waals surface area contributed by atoms with E-state index in [9.17, 15) is 9.59 Å². The number of halogens is 1. The van der Waals surface area contributed by atoms with Crippen LogP contribution in [-0.2, 0) is 4.79 Å². The number of hydrogen-bond acceptors (Lipinski definition) is 5. The zero-order chi connectivity index (χ0) is 22.7. The number of benzene rings is 3. The van der Waals surface area contributed by atoms with E-state index < -0.39 is 12.1 Å². The number of nitrogens with zero attached hydrogens (tertiary/aromatic N) is 2. The summed E-state index contributed by atoms with van der Waals surface area (Å²) in [5, 5.41) is 5.23. The lowest BCUT2D eigenvalue weighted by molar-refractivity contribution is -0.127. The maximum atomic E-state index is 13.2. The Morgan fingerprint density at radius 2 is 1.75 bits per heavy atom. The van der Waals surface area contributed by atoms with Gasteiger partial charge in [-0.15, -0.1) is 0 Å². The van der Waals surface area contributed by atoms with Crippen molar-refractivity contribution in [2.24, 2.45) is 0 Å². The molecule has 1 heterocycles. The molecule has 1 atom stereocenters. The second kappa shape index (κ2) is 9.20. The summed E-state index contributed by atoms with van der Waals surface area (Å²) in [5.41, 5.74) is 5.75. The molecule has 1 aliphatic heterocycles. The van der Waals surface area contributed by atoms with Crippen LogP contribution in [0.1, 0.15) is 22.1 Å². The van der Waals surface area contributed by atoms with E-state index in [0.29, 0.717) is 22.0 Å². The molecule has 0 saturated carbocycles. The molecule has 164 valence electrons. The van der Waals surface area contributed by atoms with Crippen LogP contribution in [-0.4, -0.2) is 37.5 Å². The Morgan fingerprint density at radius 3 is 2.44 bits per heavy atom. The minimum atomic E-state index is -0.576. The van der Waals surface area contributed by atoms with E-state index in [-0.39, 0.29) is 12.5 Å². The number of nitrogens with one attached hydrogen (secondary N) is 2. The number of anilines is 2. The van der Waals surface area contributed by atoms with Crippen molar-refractivity contribution in [3.05, 3.63) is 88.9 Å². The summed E-state index contributed by atoms with van der Waals surface area (Å²) in [5.74, 6) is -0.251. The zero-order valence-corrected chi connectivity index (χ0v) is 18.5. The third-order valence-corrected chi connectivity index (χ3v) is 5.33. The summed E-state index contributed by atoms with van der Waals surface area (Å²) in [4.78, 5) is 27.9. The number of amides is 2. The molecule has 0 fully saturated rings. The summed E-state index contributed by atoms with van der Waals surface area (Å²) in [6.45, 7) is -0.251. The Bertz CT molecular complexity index is 1120. The van der Waals surface area contributed by atoms with Crippen molar-refractivity contribution in [3.8, 4) is 5.75 Å². The number of ether oxygens (including phenoxy) is 1. The molecule has 0 bridgehead atoms. The van der Waals surface area contributed by atoms with E-state index in [1.807, 2.05) is 55.4 Å². The summed E-state index contributed by atoms with van der Waals surface area (Å²) in [7, 11) is 3.92. The standard InChI is InChI=1S/C24H23ClN4O3/c1-28(2)18-11-7-16(8-12-18)23-26-21-6-4-3-5-20(21)24(31)29(23)27-22(30)15-32-19-13-9-17(25)10-14-19/h3-14,23,26H,15H2,1-2H3,(H,27,30). The molecule has 0 radical (unpaired) electrons. The molecule has 32 heavy (non-hydrogen) atoms. The predicted molar refractivity (Wildman–Crippen MR) is 125 cm³/mol. The molecule has 2 amide bonds. The van der Waals surface area contributed by atoms with Gasteiger partial charge in [-0.2, -0.15) is 0 Å². The first-order valence-corrected chi connectivity index (χ1v) is 10.4. The van der Waals surface area contributed by atoms with E-state index in [0.717, 1.165) is 11.3 Å². The minimum absolute atomic E-state index is 0.251. The average Bonchev–Trinajstić information content (AvgIpc) is 2.80. The first kappa shape index (κ1) is 21.5. The van der Waals surface area contributed by atoms with Crippen molar-refractivity contribution in [3.63, 3.8) is 0 Å². The molecular weight excluding hydrogens is 428 g/mol. The maximum absolute atomic E-state index is 13.2. The van der Waals surface area contributed by atoms with E-state index in [1.165, 1.54) is 5.01 Å². The molecule has 3 aromatic carbocycles. The number of carbonyl (C=O) groups is 2. The van der Waals surface area contributed by atoms with Gasteiger partial charge in [0.25, 0.3) is 11.8 Å². The lowest BCUT2D eigenvalue weighted by atomic mass is 10.0. The molecule has 1 unspecified atom stereocenters. The number of hydrazine groups is 1. The van der Waals surface area contributed by atoms with Gasteiger partial charge in [0.2, 0.25) is 0 Å². The molecule has 0 saturated heterocycles. The van der Waals surface area contributed by atoms with Crippen LogP contribution in [0.5, 0.6) is 5.75 Å². The lowest BCUT2D eigenvalue weighted by Crippen LogP contribution is -2.53. The SMILES string of the molecule is CN(C)c1ccc(C2Nc3ccccc3C(=O)N2NC(=O)COc2ccc(Cl)cc2)cc1. The number of carbonyl (C=O) groups excluding carboxylic acids is 2. The molecule has 4 rings (SSSR count). The maximum Gasteiger partial charge on any atom is 0.276 e. The second-order valence-corrected chi connectivity index (χ2v) is 7.97. The molecule has 0 spiro atoms. The van der Waals surface area contributed by atoms with Crippen molar-refractivity contribution in [1.29, 1.82) is 0 Å². The fourth-order valence-corrected chi connectivity index (χ4v) is 3.53. The Morgan fingerprint density at radius 1 is 1.06 bits per heavy atom. The quantitative estimate of drug-likeness (QED) is 0.592. The van der Waals surface area contributed by atoms with Crippen molar-refractivity contribution in [1.82, 2.24) is 10.4 Å². The van der Waals surface area contributed by atoms with Crippen LogP contribution in [0, 0.1) is 0 Å². The minimum Gasteiger partial charge on any atom is -0.484 e. The Balaban J connectivity index is 1.55. The van der Waals surface area contributed by atoms with Crippen molar-refractivity contribution in [2.75, 3.05) is 30.9 Å². The van der Waals surface area contributed by atoms with Crippen LogP contribution in [0.3, 0.4) is 0 Å². The predicted octanol–water partition coefficient (Wildman–Crippen LogP) is 4.08.